The summed E-state index contributed by atoms with van der Waals surface area (Å²) < 4.78 is 11.0. The average molecular weight is 409 g/mol. The summed E-state index contributed by atoms with van der Waals surface area (Å²) in [6.45, 7) is 3.54. The van der Waals surface area contributed by atoms with Gasteiger partial charge in [-0.15, -0.1) is 0 Å². The second-order valence-corrected chi connectivity index (χ2v) is 7.13. The lowest BCUT2D eigenvalue weighted by Gasteiger charge is -2.26. The van der Waals surface area contributed by atoms with Gasteiger partial charge in [0, 0.05) is 32.8 Å². The van der Waals surface area contributed by atoms with Gasteiger partial charge in [-0.25, -0.2) is 0 Å². The molecule has 1 saturated heterocycles. The Balaban J connectivity index is 1.27. The van der Waals surface area contributed by atoms with Gasteiger partial charge in [0.05, 0.1) is 12.3 Å². The van der Waals surface area contributed by atoms with Crippen LogP contribution in [0.3, 0.4) is 0 Å². The summed E-state index contributed by atoms with van der Waals surface area (Å²) in [5.74, 6) is 2.78. The smallest absolute Gasteiger partial charge is 0.276 e. The molecule has 1 aliphatic heterocycles. The standard InChI is InChI=1S/C21H27N7O2/c1-22-21(25-15-17(18-8-6-14-29-18)28-12-4-5-13-28)24-11-9-19-26-20(30-27-19)16-7-2-3-10-23-16/h2-3,6-8,10,14,17H,4-5,9,11-13,15H2,1H3,(H2,22,24,25). The van der Waals surface area contributed by atoms with Gasteiger partial charge in [0.2, 0.25) is 0 Å². The van der Waals surface area contributed by atoms with E-state index in [0.717, 1.165) is 31.4 Å². The van der Waals surface area contributed by atoms with Crippen LogP contribution in [0.5, 0.6) is 0 Å². The first-order valence-electron chi connectivity index (χ1n) is 10.3. The van der Waals surface area contributed by atoms with Crippen molar-refractivity contribution >= 4 is 5.96 Å². The van der Waals surface area contributed by atoms with E-state index in [4.69, 9.17) is 8.94 Å². The SMILES string of the molecule is CN=C(NCCc1noc(-c2ccccn2)n1)NCC(c1ccco1)N1CCCC1. The van der Waals surface area contributed by atoms with Crippen LogP contribution in [0.25, 0.3) is 11.6 Å². The predicted octanol–water partition coefficient (Wildman–Crippen LogP) is 2.27. The third kappa shape index (κ3) is 5.04. The maximum Gasteiger partial charge on any atom is 0.276 e. The summed E-state index contributed by atoms with van der Waals surface area (Å²) in [5.41, 5.74) is 0.674. The molecule has 1 unspecified atom stereocenters. The lowest BCUT2D eigenvalue weighted by molar-refractivity contribution is 0.215. The summed E-state index contributed by atoms with van der Waals surface area (Å²) in [6, 6.07) is 9.76. The molecule has 3 aromatic heterocycles. The van der Waals surface area contributed by atoms with Gasteiger partial charge in [0.15, 0.2) is 11.8 Å². The second-order valence-electron chi connectivity index (χ2n) is 7.13. The molecule has 3 aromatic rings. The van der Waals surface area contributed by atoms with Crippen LogP contribution in [0.4, 0.5) is 0 Å². The number of pyridine rings is 1. The zero-order valence-electron chi connectivity index (χ0n) is 17.1. The lowest BCUT2D eigenvalue weighted by Crippen LogP contribution is -2.43. The zero-order chi connectivity index (χ0) is 20.6. The third-order valence-electron chi connectivity index (χ3n) is 5.13. The first kappa shape index (κ1) is 20.1. The van der Waals surface area contributed by atoms with Crippen LogP contribution in [-0.2, 0) is 6.42 Å². The van der Waals surface area contributed by atoms with E-state index in [-0.39, 0.29) is 6.04 Å². The van der Waals surface area contributed by atoms with Gasteiger partial charge in [0.25, 0.3) is 5.89 Å². The van der Waals surface area contributed by atoms with E-state index in [1.54, 1.807) is 19.5 Å². The number of rotatable bonds is 8. The largest absolute Gasteiger partial charge is 0.468 e. The maximum atomic E-state index is 5.68. The minimum absolute atomic E-state index is 0.194. The summed E-state index contributed by atoms with van der Waals surface area (Å²) in [5, 5.41) is 10.8. The summed E-state index contributed by atoms with van der Waals surface area (Å²) in [7, 11) is 1.76. The fourth-order valence-corrected chi connectivity index (χ4v) is 3.60. The molecule has 1 aliphatic rings. The van der Waals surface area contributed by atoms with Crippen molar-refractivity contribution in [3.8, 4) is 11.6 Å². The Bertz CT molecular complexity index is 918. The molecule has 0 radical (unpaired) electrons. The molecular weight excluding hydrogens is 382 g/mol. The number of furan rings is 1. The van der Waals surface area contributed by atoms with E-state index in [9.17, 15) is 0 Å². The molecule has 9 nitrogen and oxygen atoms in total. The topological polar surface area (TPSA) is 105 Å². The molecule has 158 valence electrons. The van der Waals surface area contributed by atoms with Crippen molar-refractivity contribution in [2.24, 2.45) is 4.99 Å². The molecule has 0 aromatic carbocycles. The lowest BCUT2D eigenvalue weighted by atomic mass is 10.2. The molecule has 1 atom stereocenters. The molecule has 0 saturated carbocycles. The quantitative estimate of drug-likeness (QED) is 0.431. The zero-order valence-corrected chi connectivity index (χ0v) is 17.1. The molecule has 0 spiro atoms. The van der Waals surface area contributed by atoms with E-state index in [0.29, 0.717) is 30.4 Å². The van der Waals surface area contributed by atoms with Crippen LogP contribution in [0, 0.1) is 0 Å². The molecule has 1 fully saturated rings. The highest BCUT2D eigenvalue weighted by molar-refractivity contribution is 5.79. The number of hydrogen-bond donors (Lipinski definition) is 2. The van der Waals surface area contributed by atoms with Gasteiger partial charge in [-0.3, -0.25) is 14.9 Å². The van der Waals surface area contributed by atoms with E-state index >= 15 is 0 Å². The van der Waals surface area contributed by atoms with Crippen molar-refractivity contribution in [2.45, 2.75) is 25.3 Å². The normalized spacial score (nSPS) is 16.0. The fraction of sp³-hybridized carbons (Fsp3) is 0.429. The maximum absolute atomic E-state index is 5.68. The Labute approximate surface area is 175 Å². The predicted molar refractivity (Wildman–Crippen MR) is 113 cm³/mol. The van der Waals surface area contributed by atoms with E-state index in [2.05, 4.69) is 35.7 Å². The van der Waals surface area contributed by atoms with Crippen molar-refractivity contribution in [3.63, 3.8) is 0 Å². The van der Waals surface area contributed by atoms with Gasteiger partial charge in [-0.1, -0.05) is 11.2 Å². The molecule has 9 heteroatoms. The number of aromatic nitrogens is 3. The highest BCUT2D eigenvalue weighted by Gasteiger charge is 2.25. The fourth-order valence-electron chi connectivity index (χ4n) is 3.60. The second kappa shape index (κ2) is 10.0. The van der Waals surface area contributed by atoms with Gasteiger partial charge in [-0.2, -0.15) is 4.98 Å². The Hall–Kier alpha value is -3.20. The van der Waals surface area contributed by atoms with Gasteiger partial charge in [0.1, 0.15) is 11.5 Å². The molecule has 0 aliphatic carbocycles. The van der Waals surface area contributed by atoms with Crippen LogP contribution in [0.15, 0.2) is 56.7 Å². The first-order valence-corrected chi connectivity index (χ1v) is 10.3. The number of hydrogen-bond acceptors (Lipinski definition) is 7. The number of likely N-dealkylation sites (tertiary alicyclic amines) is 1. The van der Waals surface area contributed by atoms with Gasteiger partial charge < -0.3 is 19.6 Å². The van der Waals surface area contributed by atoms with Gasteiger partial charge in [-0.05, 0) is 50.2 Å². The van der Waals surface area contributed by atoms with Crippen molar-refractivity contribution in [2.75, 3.05) is 33.2 Å². The first-order chi connectivity index (χ1) is 14.8. The molecular formula is C21H27N7O2. The van der Waals surface area contributed by atoms with Crippen LogP contribution in [-0.4, -0.2) is 59.2 Å². The molecule has 0 amide bonds. The number of nitrogens with zero attached hydrogens (tertiary/aromatic N) is 5. The minimum Gasteiger partial charge on any atom is -0.468 e. The van der Waals surface area contributed by atoms with Crippen molar-refractivity contribution in [1.29, 1.82) is 0 Å². The summed E-state index contributed by atoms with van der Waals surface area (Å²) >= 11 is 0. The minimum atomic E-state index is 0.194. The molecule has 0 bridgehead atoms. The summed E-state index contributed by atoms with van der Waals surface area (Å²) in [4.78, 5) is 15.4. The molecule has 4 rings (SSSR count). The number of guanidine groups is 1. The Morgan fingerprint density at radius 3 is 2.83 bits per heavy atom. The van der Waals surface area contributed by atoms with Crippen LogP contribution >= 0.6 is 0 Å². The van der Waals surface area contributed by atoms with E-state index in [1.807, 2.05) is 30.3 Å². The third-order valence-corrected chi connectivity index (χ3v) is 5.13. The highest BCUT2D eigenvalue weighted by Crippen LogP contribution is 2.24. The van der Waals surface area contributed by atoms with Gasteiger partial charge >= 0.3 is 0 Å². The Kier molecular flexibility index (Phi) is 6.71. The van der Waals surface area contributed by atoms with Crippen LogP contribution < -0.4 is 10.6 Å². The monoisotopic (exact) mass is 409 g/mol. The number of nitrogens with one attached hydrogen (secondary N) is 2. The Morgan fingerprint density at radius 2 is 2.10 bits per heavy atom. The van der Waals surface area contributed by atoms with Crippen molar-refractivity contribution < 1.29 is 8.94 Å². The molecule has 30 heavy (non-hydrogen) atoms. The number of aliphatic imine (C=N–C) groups is 1. The average Bonchev–Trinajstić information content (AvgIpc) is 3.56. The van der Waals surface area contributed by atoms with E-state index in [1.165, 1.54) is 12.8 Å². The van der Waals surface area contributed by atoms with Crippen LogP contribution in [0.1, 0.15) is 30.5 Å². The molecule has 2 N–H and O–H groups in total. The Morgan fingerprint density at radius 1 is 1.20 bits per heavy atom. The summed E-state index contributed by atoms with van der Waals surface area (Å²) in [6.07, 6.45) is 6.51. The van der Waals surface area contributed by atoms with Crippen molar-refractivity contribution in [3.05, 3.63) is 54.4 Å². The molecule has 4 heterocycles. The van der Waals surface area contributed by atoms with Crippen LogP contribution in [0.2, 0.25) is 0 Å². The van der Waals surface area contributed by atoms with Crippen molar-refractivity contribution in [1.82, 2.24) is 30.7 Å². The van der Waals surface area contributed by atoms with E-state index < -0.39 is 0 Å². The highest BCUT2D eigenvalue weighted by atomic mass is 16.5.